The molecule has 0 saturated heterocycles. The minimum absolute atomic E-state index is 0. The first-order valence-corrected chi connectivity index (χ1v) is 24.1. The number of rotatable bonds is 6. The van der Waals surface area contributed by atoms with Crippen LogP contribution in [0.2, 0.25) is 0 Å². The number of nitrogens with two attached hydrogens (primary N) is 1. The Hall–Kier alpha value is -0.848. The molecule has 2 saturated carbocycles. The fourth-order valence-electron chi connectivity index (χ4n) is 8.53. The summed E-state index contributed by atoms with van der Waals surface area (Å²) in [5, 5.41) is 2.77. The van der Waals surface area contributed by atoms with Crippen molar-refractivity contribution in [3.05, 3.63) is 108 Å². The maximum Gasteiger partial charge on any atom is 0.0916 e. The Kier molecular flexibility index (Phi) is 23.5. The molecule has 0 aliphatic heterocycles. The first-order chi connectivity index (χ1) is 24.5. The molecule has 1 atom stereocenters. The summed E-state index contributed by atoms with van der Waals surface area (Å²) < 4.78 is 27.2. The molecule has 304 valence electrons. The van der Waals surface area contributed by atoms with Crippen LogP contribution in [-0.2, 0) is 47.6 Å². The van der Waals surface area contributed by atoms with Crippen LogP contribution in [0.4, 0.5) is 5.69 Å². The summed E-state index contributed by atoms with van der Waals surface area (Å²) in [5.41, 5.74) is 13.3. The third kappa shape index (κ3) is 17.7. The molecule has 9 heteroatoms. The number of anilines is 1. The molecule has 2 aromatic rings. The van der Waals surface area contributed by atoms with Gasteiger partial charge in [0.15, 0.2) is 0 Å². The molecule has 54 heavy (non-hydrogen) atoms. The zero-order chi connectivity index (χ0) is 38.4. The number of para-hydroxylation sites is 1. The predicted octanol–water partition coefficient (Wildman–Crippen LogP) is 13.0. The molecule has 4 aliphatic rings. The minimum atomic E-state index is -3.92. The molecule has 2 radical (unpaired) electrons. The Morgan fingerprint density at radius 2 is 1.28 bits per heavy atom. The second kappa shape index (κ2) is 24.8. The van der Waals surface area contributed by atoms with Gasteiger partial charge in [0.05, 0.1) is 10.1 Å². The third-order valence-electron chi connectivity index (χ3n) is 9.99. The summed E-state index contributed by atoms with van der Waals surface area (Å²) in [4.78, 5) is 0. The third-order valence-corrected chi connectivity index (χ3v) is 17.6. The Balaban J connectivity index is 0.000000477. The van der Waals surface area contributed by atoms with Gasteiger partial charge in [-0.25, -0.2) is 8.42 Å². The molecule has 2 N–H and O–H groups in total. The van der Waals surface area contributed by atoms with E-state index in [4.69, 9.17) is 18.7 Å². The molecule has 0 amide bonds. The average molecular weight is 925 g/mol. The molecule has 2 fully saturated rings. The molecular formula is C45H66FeNO3P2PdS-. The molecule has 4 nitrogen and oxygen atoms in total. The Labute approximate surface area is 357 Å². The Bertz CT molecular complexity index is 1550. The summed E-state index contributed by atoms with van der Waals surface area (Å²) in [6, 6.07) is 18.8. The maximum absolute atomic E-state index is 9.08. The van der Waals surface area contributed by atoms with E-state index in [0.29, 0.717) is 16.6 Å². The van der Waals surface area contributed by atoms with E-state index in [-0.39, 0.29) is 53.3 Å². The van der Waals surface area contributed by atoms with Gasteiger partial charge < -0.3 is 10.3 Å². The van der Waals surface area contributed by atoms with Gasteiger partial charge in [0.25, 0.3) is 0 Å². The van der Waals surface area contributed by atoms with Crippen molar-refractivity contribution in [3.8, 4) is 11.1 Å². The van der Waals surface area contributed by atoms with Gasteiger partial charge in [0.2, 0.25) is 0 Å². The molecule has 0 spiro atoms. The van der Waals surface area contributed by atoms with Gasteiger partial charge in [0, 0.05) is 67.1 Å². The number of nitrogen functional groups attached to an aromatic ring is 1. The van der Waals surface area contributed by atoms with Gasteiger partial charge >= 0.3 is 0 Å². The van der Waals surface area contributed by atoms with E-state index < -0.39 is 10.1 Å². The quantitative estimate of drug-likeness (QED) is 0.135. The van der Waals surface area contributed by atoms with Crippen LogP contribution in [0, 0.1) is 12.5 Å². The van der Waals surface area contributed by atoms with Gasteiger partial charge in [-0.05, 0) is 82.3 Å². The van der Waals surface area contributed by atoms with Gasteiger partial charge in [-0.15, -0.1) is 0 Å². The summed E-state index contributed by atoms with van der Waals surface area (Å²) >= 11 is 0. The van der Waals surface area contributed by atoms with Gasteiger partial charge in [-0.3, -0.25) is 0 Å². The summed E-state index contributed by atoms with van der Waals surface area (Å²) in [6.45, 7) is 17.6. The fourth-order valence-corrected chi connectivity index (χ4v) is 17.7. The zero-order valence-corrected chi connectivity index (χ0v) is 39.2. The van der Waals surface area contributed by atoms with E-state index in [1.165, 1.54) is 70.6 Å². The molecule has 0 aromatic heterocycles. The molecule has 6 rings (SSSR count). The molecule has 0 unspecified atom stereocenters. The van der Waals surface area contributed by atoms with Gasteiger partial charge in [0.1, 0.15) is 0 Å². The van der Waals surface area contributed by atoms with Crippen molar-refractivity contribution in [1.29, 1.82) is 0 Å². The van der Waals surface area contributed by atoms with E-state index in [9.17, 15) is 0 Å². The topological polar surface area (TPSA) is 83.2 Å². The summed E-state index contributed by atoms with van der Waals surface area (Å²) in [7, 11) is -3.96. The SMILES string of the molecule is CS(=O)(=O)[O-].C[C@@H](C1=C(P(C2CCCCC2)C2CCCCC2)CC=C1)P(C(C)(C)C)C(C)(C)C.Nc1ccccc1-c1[c]cccc1.[CH]1C=CC=C1.[Fe].[Pd]. The summed E-state index contributed by atoms with van der Waals surface area (Å²) in [6.07, 6.45) is 32.1. The second-order valence-electron chi connectivity index (χ2n) is 16.4. The van der Waals surface area contributed by atoms with Crippen molar-refractivity contribution in [2.24, 2.45) is 0 Å². The normalized spacial score (nSPS) is 18.1. The average Bonchev–Trinajstić information content (AvgIpc) is 3.82. The first-order valence-electron chi connectivity index (χ1n) is 19.3. The van der Waals surface area contributed by atoms with Crippen LogP contribution in [0.3, 0.4) is 0 Å². The van der Waals surface area contributed by atoms with Crippen LogP contribution in [0.15, 0.2) is 95.9 Å². The second-order valence-corrected chi connectivity index (χ2v) is 24.8. The number of hydrogen-bond acceptors (Lipinski definition) is 4. The largest absolute Gasteiger partial charge is 0.748 e. The summed E-state index contributed by atoms with van der Waals surface area (Å²) in [5.74, 6) is 0. The van der Waals surface area contributed by atoms with E-state index in [2.05, 4.69) is 66.7 Å². The van der Waals surface area contributed by atoms with Crippen molar-refractivity contribution in [3.63, 3.8) is 0 Å². The number of benzene rings is 2. The zero-order valence-electron chi connectivity index (χ0n) is 33.9. The fraction of sp³-hybridized carbons (Fsp3) is 0.533. The van der Waals surface area contributed by atoms with Crippen LogP contribution in [-0.4, -0.2) is 46.5 Å². The van der Waals surface area contributed by atoms with E-state index in [0.717, 1.165) is 33.8 Å². The van der Waals surface area contributed by atoms with Crippen molar-refractivity contribution >= 4 is 31.6 Å². The van der Waals surface area contributed by atoms with E-state index >= 15 is 0 Å². The predicted molar refractivity (Wildman–Crippen MR) is 231 cm³/mol. The smallest absolute Gasteiger partial charge is 0.0916 e. The number of hydrogen-bond donors (Lipinski definition) is 1. The Morgan fingerprint density at radius 3 is 1.69 bits per heavy atom. The van der Waals surface area contributed by atoms with Gasteiger partial charge in [-0.1, -0.05) is 182 Å². The van der Waals surface area contributed by atoms with Gasteiger partial charge in [-0.2, -0.15) is 0 Å². The molecular weight excluding hydrogens is 859 g/mol. The van der Waals surface area contributed by atoms with Crippen LogP contribution in [0.1, 0.15) is 119 Å². The first kappa shape index (κ1) is 51.2. The van der Waals surface area contributed by atoms with Crippen molar-refractivity contribution in [2.75, 3.05) is 12.0 Å². The van der Waals surface area contributed by atoms with Crippen LogP contribution >= 0.6 is 15.8 Å². The van der Waals surface area contributed by atoms with Crippen molar-refractivity contribution in [2.45, 2.75) is 146 Å². The van der Waals surface area contributed by atoms with E-state index in [1.807, 2.05) is 90.1 Å². The van der Waals surface area contributed by atoms with E-state index in [1.54, 1.807) is 0 Å². The van der Waals surface area contributed by atoms with Crippen molar-refractivity contribution < 1.29 is 50.5 Å². The molecule has 2 aromatic carbocycles. The maximum atomic E-state index is 9.08. The minimum Gasteiger partial charge on any atom is -0.748 e. The van der Waals surface area contributed by atoms with Crippen LogP contribution in [0.5, 0.6) is 0 Å². The standard InChI is InChI=1S/C27H48P2.C12H10N.C5H5.CH4O3S.Fe.Pd/c1-21(29(26(2,3)4)27(5,6)7)24-19-14-20-25(24)28(22-15-10-8-11-16-22)23-17-12-9-13-18-23;13-12-9-5-4-8-11(12)10-6-2-1-3-7-10;1-2-4-5-3-1;1-5(2,3)4;;/h14,19,21-23H,8-13,15-18,20H2,1-7H3;1-6,8-9H,13H2;1-5H;1H3,(H,2,3,4);;/p-1/t21-;;;;;/m0...../s1. The number of allylic oxidation sites excluding steroid dienone is 8. The van der Waals surface area contributed by atoms with Crippen LogP contribution < -0.4 is 5.73 Å². The van der Waals surface area contributed by atoms with Crippen LogP contribution in [0.25, 0.3) is 11.1 Å². The van der Waals surface area contributed by atoms with Crippen molar-refractivity contribution in [1.82, 2.24) is 0 Å². The molecule has 0 bridgehead atoms. The Morgan fingerprint density at radius 1 is 0.796 bits per heavy atom. The monoisotopic (exact) mass is 924 g/mol. The molecule has 0 heterocycles. The molecule has 4 aliphatic carbocycles.